The lowest BCUT2D eigenvalue weighted by atomic mass is 9.90. The van der Waals surface area contributed by atoms with Crippen LogP contribution in [0.2, 0.25) is 0 Å². The Morgan fingerprint density at radius 2 is 1.80 bits per heavy atom. The van der Waals surface area contributed by atoms with Gasteiger partial charge in [-0.1, -0.05) is 13.8 Å². The Hall–Kier alpha value is -3.73. The Kier molecular flexibility index (Phi) is 7.15. The number of anilines is 1. The Labute approximate surface area is 203 Å². The summed E-state index contributed by atoms with van der Waals surface area (Å²) in [6.07, 6.45) is 6.02. The Morgan fingerprint density at radius 3 is 2.46 bits per heavy atom. The van der Waals surface area contributed by atoms with Crippen LogP contribution in [0, 0.1) is 5.92 Å². The molecule has 0 unspecified atom stereocenters. The van der Waals surface area contributed by atoms with Crippen molar-refractivity contribution >= 4 is 23.1 Å². The smallest absolute Gasteiger partial charge is 0.253 e. The molecule has 4 rings (SSSR count). The fourth-order valence-corrected chi connectivity index (χ4v) is 4.37. The van der Waals surface area contributed by atoms with E-state index in [1.807, 2.05) is 19.9 Å². The molecular formula is C24H32N8O3. The number of fused-ring (bicyclic) bond motifs is 1. The first-order chi connectivity index (χ1) is 16.8. The molecule has 0 aliphatic heterocycles. The van der Waals surface area contributed by atoms with Crippen LogP contribution >= 0.6 is 0 Å². The number of ether oxygens (including phenoxy) is 1. The fraction of sp³-hybridized carbons (Fsp3) is 0.458. The molecular weight excluding hydrogens is 448 g/mol. The van der Waals surface area contributed by atoms with E-state index in [9.17, 15) is 9.59 Å². The molecule has 3 aromatic heterocycles. The predicted octanol–water partition coefficient (Wildman–Crippen LogP) is 1.52. The van der Waals surface area contributed by atoms with Gasteiger partial charge in [0.1, 0.15) is 11.8 Å². The molecule has 186 valence electrons. The van der Waals surface area contributed by atoms with Gasteiger partial charge in [0.05, 0.1) is 24.4 Å². The molecule has 0 aromatic carbocycles. The number of nitrogens with two attached hydrogens (primary N) is 2. The number of nitrogen functional groups attached to an aromatic ring is 1. The van der Waals surface area contributed by atoms with Crippen molar-refractivity contribution in [3.05, 3.63) is 36.3 Å². The van der Waals surface area contributed by atoms with Gasteiger partial charge in [0.25, 0.3) is 5.91 Å². The third-order valence-corrected chi connectivity index (χ3v) is 6.50. The number of pyridine rings is 1. The van der Waals surface area contributed by atoms with Gasteiger partial charge in [-0.05, 0) is 43.7 Å². The maximum Gasteiger partial charge on any atom is 0.253 e. The number of nitrogens with zero attached hydrogens (tertiary/aromatic N) is 4. The van der Waals surface area contributed by atoms with Gasteiger partial charge in [0.15, 0.2) is 5.82 Å². The van der Waals surface area contributed by atoms with Gasteiger partial charge >= 0.3 is 0 Å². The zero-order chi connectivity index (χ0) is 25.1. The summed E-state index contributed by atoms with van der Waals surface area (Å²) in [6, 6.07) is 4.86. The van der Waals surface area contributed by atoms with Crippen LogP contribution in [0.4, 0.5) is 5.82 Å². The molecule has 1 aliphatic rings. The Balaban J connectivity index is 1.49. The van der Waals surface area contributed by atoms with Crippen LogP contribution in [0.3, 0.4) is 0 Å². The molecule has 1 saturated carbocycles. The highest BCUT2D eigenvalue weighted by Crippen LogP contribution is 2.29. The Morgan fingerprint density at radius 1 is 1.11 bits per heavy atom. The first kappa shape index (κ1) is 24.4. The van der Waals surface area contributed by atoms with Gasteiger partial charge in [0.2, 0.25) is 11.8 Å². The van der Waals surface area contributed by atoms with Crippen molar-refractivity contribution in [2.75, 3.05) is 12.8 Å². The highest BCUT2D eigenvalue weighted by atomic mass is 16.5. The van der Waals surface area contributed by atoms with E-state index in [0.717, 1.165) is 31.2 Å². The number of nitrogens with one attached hydrogen (secondary N) is 2. The molecule has 6 N–H and O–H groups in total. The van der Waals surface area contributed by atoms with Crippen molar-refractivity contribution in [3.8, 4) is 17.1 Å². The van der Waals surface area contributed by atoms with Crippen LogP contribution in [0.25, 0.3) is 16.8 Å². The van der Waals surface area contributed by atoms with Gasteiger partial charge in [-0.3, -0.25) is 9.59 Å². The van der Waals surface area contributed by atoms with Crippen LogP contribution < -0.4 is 26.8 Å². The summed E-state index contributed by atoms with van der Waals surface area (Å²) in [7, 11) is 1.54. The number of aromatic nitrogens is 4. The minimum Gasteiger partial charge on any atom is -0.481 e. The molecule has 2 amide bonds. The minimum absolute atomic E-state index is 0.0142. The topological polar surface area (TPSA) is 163 Å². The average Bonchev–Trinajstić information content (AvgIpc) is 3.26. The minimum atomic E-state index is -0.516. The summed E-state index contributed by atoms with van der Waals surface area (Å²) < 4.78 is 6.84. The number of hydrogen-bond acceptors (Lipinski definition) is 8. The molecule has 1 aliphatic carbocycles. The summed E-state index contributed by atoms with van der Waals surface area (Å²) in [6.45, 7) is 3.85. The summed E-state index contributed by atoms with van der Waals surface area (Å²) in [5.41, 5.74) is 14.4. The molecule has 0 radical (unpaired) electrons. The van der Waals surface area contributed by atoms with E-state index in [-0.39, 0.29) is 35.6 Å². The van der Waals surface area contributed by atoms with Crippen LogP contribution in [0.5, 0.6) is 5.88 Å². The SMILES string of the molecule is COc1cc(-c2cc(C(=O)N[C@H]3CC[C@H](NC(=O)[C@@H](N)C(C)C)CC3)c3c(N)ncnn23)ccn1. The average molecular weight is 481 g/mol. The van der Waals surface area contributed by atoms with E-state index in [4.69, 9.17) is 16.2 Å². The third-order valence-electron chi connectivity index (χ3n) is 6.50. The van der Waals surface area contributed by atoms with E-state index in [2.05, 4.69) is 25.7 Å². The van der Waals surface area contributed by atoms with Crippen LogP contribution in [-0.4, -0.2) is 56.6 Å². The highest BCUT2D eigenvalue weighted by molar-refractivity contribution is 6.05. The molecule has 3 heterocycles. The van der Waals surface area contributed by atoms with Crippen LogP contribution in [-0.2, 0) is 4.79 Å². The number of carbonyl (C=O) groups excluding carboxylic acids is 2. The van der Waals surface area contributed by atoms with Crippen molar-refractivity contribution < 1.29 is 14.3 Å². The second kappa shape index (κ2) is 10.3. The Bertz CT molecular complexity index is 1220. The molecule has 0 saturated heterocycles. The molecule has 0 bridgehead atoms. The predicted molar refractivity (Wildman–Crippen MR) is 132 cm³/mol. The normalized spacial score (nSPS) is 18.9. The zero-order valence-electron chi connectivity index (χ0n) is 20.2. The van der Waals surface area contributed by atoms with Crippen molar-refractivity contribution in [2.45, 2.75) is 57.7 Å². The lowest BCUT2D eigenvalue weighted by Crippen LogP contribution is -2.50. The lowest BCUT2D eigenvalue weighted by Gasteiger charge is -2.30. The van der Waals surface area contributed by atoms with E-state index < -0.39 is 6.04 Å². The highest BCUT2D eigenvalue weighted by Gasteiger charge is 2.28. The molecule has 3 aromatic rings. The van der Waals surface area contributed by atoms with E-state index in [0.29, 0.717) is 22.7 Å². The summed E-state index contributed by atoms with van der Waals surface area (Å²) >= 11 is 0. The van der Waals surface area contributed by atoms with Crippen LogP contribution in [0.1, 0.15) is 49.9 Å². The number of hydrogen-bond donors (Lipinski definition) is 4. The van der Waals surface area contributed by atoms with E-state index >= 15 is 0 Å². The summed E-state index contributed by atoms with van der Waals surface area (Å²) in [5.74, 6) is 0.375. The lowest BCUT2D eigenvalue weighted by molar-refractivity contribution is -0.124. The molecule has 35 heavy (non-hydrogen) atoms. The summed E-state index contributed by atoms with van der Waals surface area (Å²) in [4.78, 5) is 33.8. The molecule has 11 heteroatoms. The van der Waals surface area contributed by atoms with Gasteiger partial charge in [-0.2, -0.15) is 5.10 Å². The van der Waals surface area contributed by atoms with Crippen molar-refractivity contribution in [1.29, 1.82) is 0 Å². The quantitative estimate of drug-likeness (QED) is 0.395. The maximum atomic E-state index is 13.3. The largest absolute Gasteiger partial charge is 0.481 e. The van der Waals surface area contributed by atoms with E-state index in [1.165, 1.54) is 6.33 Å². The monoisotopic (exact) mass is 480 g/mol. The third kappa shape index (κ3) is 5.19. The standard InChI is InChI=1S/C24H32N8O3/c1-13(2)20(25)24(34)31-16-6-4-15(5-7-16)30-23(33)17-11-18(14-8-9-27-19(10-14)35-3)32-21(17)22(26)28-12-29-32/h8-13,15-16,20H,4-7,25H2,1-3H3,(H,30,33)(H,31,34)(H2,26,28,29)/t15-,16-,20-/m0/s1. The second-order valence-corrected chi connectivity index (χ2v) is 9.24. The van der Waals surface area contributed by atoms with E-state index in [1.54, 1.807) is 30.0 Å². The first-order valence-corrected chi connectivity index (χ1v) is 11.8. The van der Waals surface area contributed by atoms with Crippen molar-refractivity contribution in [3.63, 3.8) is 0 Å². The summed E-state index contributed by atoms with van der Waals surface area (Å²) in [5, 5.41) is 10.5. The second-order valence-electron chi connectivity index (χ2n) is 9.24. The number of carbonyl (C=O) groups is 2. The number of amides is 2. The van der Waals surface area contributed by atoms with Gasteiger partial charge in [0, 0.05) is 29.9 Å². The number of rotatable bonds is 7. The van der Waals surface area contributed by atoms with Crippen LogP contribution in [0.15, 0.2) is 30.7 Å². The molecule has 0 spiro atoms. The first-order valence-electron chi connectivity index (χ1n) is 11.8. The fourth-order valence-electron chi connectivity index (χ4n) is 4.37. The van der Waals surface area contributed by atoms with Crippen molar-refractivity contribution in [1.82, 2.24) is 30.2 Å². The molecule has 11 nitrogen and oxygen atoms in total. The number of methoxy groups -OCH3 is 1. The molecule has 1 fully saturated rings. The maximum absolute atomic E-state index is 13.3. The zero-order valence-corrected chi connectivity index (χ0v) is 20.2. The van der Waals surface area contributed by atoms with Crippen molar-refractivity contribution in [2.24, 2.45) is 11.7 Å². The molecule has 1 atom stereocenters. The van der Waals surface area contributed by atoms with Gasteiger partial charge < -0.3 is 26.8 Å². The van der Waals surface area contributed by atoms with Gasteiger partial charge in [-0.15, -0.1) is 0 Å². The van der Waals surface area contributed by atoms with Gasteiger partial charge in [-0.25, -0.2) is 14.5 Å².